The van der Waals surface area contributed by atoms with Crippen LogP contribution in [0.1, 0.15) is 31.4 Å². The zero-order valence-corrected chi connectivity index (χ0v) is 10.7. The summed E-state index contributed by atoms with van der Waals surface area (Å²) >= 11 is 0. The van der Waals surface area contributed by atoms with Crippen LogP contribution in [0.25, 0.3) is 0 Å². The molecule has 0 unspecified atom stereocenters. The molecule has 1 aliphatic heterocycles. The maximum absolute atomic E-state index is 13.4. The minimum Gasteiger partial charge on any atom is -0.326 e. The average molecular weight is 236 g/mol. The lowest BCUT2D eigenvalue weighted by atomic mass is 9.93. The van der Waals surface area contributed by atoms with Crippen LogP contribution in [0.15, 0.2) is 18.2 Å². The van der Waals surface area contributed by atoms with Gasteiger partial charge in [-0.05, 0) is 41.6 Å². The Kier molecular flexibility index (Phi) is 3.50. The summed E-state index contributed by atoms with van der Waals surface area (Å²) in [6.07, 6.45) is 1.21. The summed E-state index contributed by atoms with van der Waals surface area (Å²) in [5.74, 6) is -0.179. The van der Waals surface area contributed by atoms with Crippen molar-refractivity contribution < 1.29 is 4.39 Å². The Morgan fingerprint density at radius 3 is 2.59 bits per heavy atom. The van der Waals surface area contributed by atoms with Gasteiger partial charge in [0.2, 0.25) is 0 Å². The summed E-state index contributed by atoms with van der Waals surface area (Å²) in [6.45, 7) is 7.97. The van der Waals surface area contributed by atoms with Crippen molar-refractivity contribution in [2.45, 2.75) is 33.4 Å². The van der Waals surface area contributed by atoms with Crippen LogP contribution in [0.5, 0.6) is 0 Å². The first-order valence-electron chi connectivity index (χ1n) is 6.19. The zero-order chi connectivity index (χ0) is 12.5. The summed E-state index contributed by atoms with van der Waals surface area (Å²) in [7, 11) is 0. The van der Waals surface area contributed by atoms with Crippen molar-refractivity contribution in [3.63, 3.8) is 0 Å². The Bertz CT molecular complexity index is 401. The number of likely N-dealkylation sites (tertiary alicyclic amines) is 1. The van der Waals surface area contributed by atoms with Gasteiger partial charge in [-0.15, -0.1) is 0 Å². The molecule has 0 bridgehead atoms. The van der Waals surface area contributed by atoms with E-state index in [0.29, 0.717) is 12.0 Å². The van der Waals surface area contributed by atoms with Crippen LogP contribution in [0.2, 0.25) is 0 Å². The van der Waals surface area contributed by atoms with Crippen molar-refractivity contribution in [2.24, 2.45) is 11.1 Å². The standard InChI is InChI=1S/C14H21FN2/c1-14(2)3-4-17(10-14)9-12-5-11(8-16)6-13(15)7-12/h5-7H,3-4,8-10,16H2,1-2H3. The fourth-order valence-electron chi connectivity index (χ4n) is 2.54. The molecule has 0 saturated carbocycles. The molecule has 2 rings (SSSR count). The van der Waals surface area contributed by atoms with Crippen LogP contribution >= 0.6 is 0 Å². The lowest BCUT2D eigenvalue weighted by Gasteiger charge is -2.20. The van der Waals surface area contributed by atoms with Gasteiger partial charge in [0.05, 0.1) is 0 Å². The molecule has 1 fully saturated rings. The van der Waals surface area contributed by atoms with Gasteiger partial charge in [0.25, 0.3) is 0 Å². The van der Waals surface area contributed by atoms with Crippen LogP contribution in [0.4, 0.5) is 4.39 Å². The SMILES string of the molecule is CC1(C)CCN(Cc2cc(F)cc(CN)c2)C1. The second kappa shape index (κ2) is 4.75. The van der Waals surface area contributed by atoms with Gasteiger partial charge in [-0.1, -0.05) is 19.9 Å². The first-order valence-corrected chi connectivity index (χ1v) is 6.19. The van der Waals surface area contributed by atoms with Crippen molar-refractivity contribution >= 4 is 0 Å². The molecule has 1 heterocycles. The monoisotopic (exact) mass is 236 g/mol. The lowest BCUT2D eigenvalue weighted by molar-refractivity contribution is 0.284. The smallest absolute Gasteiger partial charge is 0.123 e. The molecular weight excluding hydrogens is 215 g/mol. The Labute approximate surface area is 103 Å². The fourth-order valence-corrected chi connectivity index (χ4v) is 2.54. The predicted octanol–water partition coefficient (Wildman–Crippen LogP) is 2.52. The van der Waals surface area contributed by atoms with Crippen LogP contribution in [-0.2, 0) is 13.1 Å². The van der Waals surface area contributed by atoms with E-state index in [0.717, 1.165) is 30.8 Å². The second-order valence-electron chi connectivity index (χ2n) is 5.80. The van der Waals surface area contributed by atoms with Crippen LogP contribution in [-0.4, -0.2) is 18.0 Å². The van der Waals surface area contributed by atoms with Gasteiger partial charge in [0.1, 0.15) is 5.82 Å². The van der Waals surface area contributed by atoms with E-state index in [1.54, 1.807) is 6.07 Å². The molecule has 94 valence electrons. The highest BCUT2D eigenvalue weighted by atomic mass is 19.1. The molecule has 0 aromatic heterocycles. The predicted molar refractivity (Wildman–Crippen MR) is 68.0 cm³/mol. The van der Waals surface area contributed by atoms with E-state index in [1.165, 1.54) is 12.5 Å². The summed E-state index contributed by atoms with van der Waals surface area (Å²) in [4.78, 5) is 2.38. The molecular formula is C14H21FN2. The first-order chi connectivity index (χ1) is 7.98. The molecule has 3 heteroatoms. The second-order valence-corrected chi connectivity index (χ2v) is 5.80. The highest BCUT2D eigenvalue weighted by Gasteiger charge is 2.28. The van der Waals surface area contributed by atoms with E-state index < -0.39 is 0 Å². The van der Waals surface area contributed by atoms with Crippen molar-refractivity contribution in [3.8, 4) is 0 Å². The van der Waals surface area contributed by atoms with Gasteiger partial charge in [-0.2, -0.15) is 0 Å². The Morgan fingerprint density at radius 1 is 1.29 bits per heavy atom. The molecule has 1 aromatic carbocycles. The summed E-state index contributed by atoms with van der Waals surface area (Å²) in [5, 5.41) is 0. The van der Waals surface area contributed by atoms with E-state index in [1.807, 2.05) is 6.07 Å². The number of hydrogen-bond donors (Lipinski definition) is 1. The largest absolute Gasteiger partial charge is 0.326 e. The van der Waals surface area contributed by atoms with Gasteiger partial charge >= 0.3 is 0 Å². The minimum atomic E-state index is -0.179. The summed E-state index contributed by atoms with van der Waals surface area (Å²) in [5.41, 5.74) is 7.86. The Morgan fingerprint density at radius 2 is 2.00 bits per heavy atom. The van der Waals surface area contributed by atoms with Crippen molar-refractivity contribution in [3.05, 3.63) is 35.1 Å². The molecule has 1 aromatic rings. The van der Waals surface area contributed by atoms with Gasteiger partial charge in [-0.25, -0.2) is 4.39 Å². The third-order valence-corrected chi connectivity index (χ3v) is 3.42. The zero-order valence-electron chi connectivity index (χ0n) is 10.7. The van der Waals surface area contributed by atoms with Gasteiger partial charge in [0.15, 0.2) is 0 Å². The van der Waals surface area contributed by atoms with Crippen LogP contribution in [0.3, 0.4) is 0 Å². The van der Waals surface area contributed by atoms with Crippen molar-refractivity contribution in [1.29, 1.82) is 0 Å². The molecule has 0 amide bonds. The quantitative estimate of drug-likeness (QED) is 0.873. The van der Waals surface area contributed by atoms with Gasteiger partial charge < -0.3 is 5.73 Å². The molecule has 17 heavy (non-hydrogen) atoms. The normalized spacial score (nSPS) is 19.8. The average Bonchev–Trinajstić information content (AvgIpc) is 2.57. The third-order valence-electron chi connectivity index (χ3n) is 3.42. The molecule has 2 N–H and O–H groups in total. The van der Waals surface area contributed by atoms with E-state index in [2.05, 4.69) is 18.7 Å². The number of halogens is 1. The fraction of sp³-hybridized carbons (Fsp3) is 0.571. The van der Waals surface area contributed by atoms with Crippen LogP contribution < -0.4 is 5.73 Å². The number of nitrogens with two attached hydrogens (primary N) is 1. The number of nitrogens with zero attached hydrogens (tertiary/aromatic N) is 1. The molecule has 2 nitrogen and oxygen atoms in total. The molecule has 0 spiro atoms. The minimum absolute atomic E-state index is 0.179. The van der Waals surface area contributed by atoms with E-state index in [-0.39, 0.29) is 5.82 Å². The molecule has 0 atom stereocenters. The summed E-state index contributed by atoms with van der Waals surface area (Å²) < 4.78 is 13.4. The summed E-state index contributed by atoms with van der Waals surface area (Å²) in [6, 6.07) is 5.14. The first kappa shape index (κ1) is 12.5. The number of benzene rings is 1. The molecule has 1 aliphatic rings. The highest BCUT2D eigenvalue weighted by molar-refractivity contribution is 5.24. The lowest BCUT2D eigenvalue weighted by Crippen LogP contribution is -2.23. The maximum Gasteiger partial charge on any atom is 0.123 e. The maximum atomic E-state index is 13.4. The topological polar surface area (TPSA) is 29.3 Å². The highest BCUT2D eigenvalue weighted by Crippen LogP contribution is 2.29. The Hall–Kier alpha value is -0.930. The number of rotatable bonds is 3. The Balaban J connectivity index is 2.06. The van der Waals surface area contributed by atoms with Gasteiger partial charge in [0, 0.05) is 19.6 Å². The van der Waals surface area contributed by atoms with Crippen molar-refractivity contribution in [1.82, 2.24) is 4.90 Å². The van der Waals surface area contributed by atoms with Crippen LogP contribution in [0, 0.1) is 11.2 Å². The van der Waals surface area contributed by atoms with E-state index in [9.17, 15) is 4.39 Å². The van der Waals surface area contributed by atoms with E-state index >= 15 is 0 Å². The van der Waals surface area contributed by atoms with E-state index in [4.69, 9.17) is 5.73 Å². The third kappa shape index (κ3) is 3.27. The molecule has 0 radical (unpaired) electrons. The van der Waals surface area contributed by atoms with Crippen molar-refractivity contribution in [2.75, 3.05) is 13.1 Å². The molecule has 1 saturated heterocycles. The number of hydrogen-bond acceptors (Lipinski definition) is 2. The van der Waals surface area contributed by atoms with Gasteiger partial charge in [-0.3, -0.25) is 4.90 Å². The molecule has 0 aliphatic carbocycles.